The number of rotatable bonds is 4. The van der Waals surface area contributed by atoms with E-state index < -0.39 is 18.7 Å². The standard InChI is InChI=1S/C9H10F5N3O/c1-5-6(15-2)16-4-17-7(5)18-3-8(10,11)9(12,13)14/h4H,3H2,1-2H3,(H,15,16,17). The fourth-order valence-electron chi connectivity index (χ4n) is 1.07. The number of halogens is 5. The molecular weight excluding hydrogens is 261 g/mol. The third-order valence-corrected chi connectivity index (χ3v) is 2.08. The Morgan fingerprint density at radius 1 is 1.22 bits per heavy atom. The predicted molar refractivity (Wildman–Crippen MR) is 52.8 cm³/mol. The molecular formula is C9H10F5N3O. The maximum absolute atomic E-state index is 12.6. The minimum atomic E-state index is -5.65. The second-order valence-electron chi connectivity index (χ2n) is 3.39. The average molecular weight is 271 g/mol. The quantitative estimate of drug-likeness (QED) is 0.854. The molecule has 0 aliphatic heterocycles. The maximum Gasteiger partial charge on any atom is 0.456 e. The molecule has 0 radical (unpaired) electrons. The summed E-state index contributed by atoms with van der Waals surface area (Å²) in [5.41, 5.74) is 0.248. The number of nitrogens with zero attached hydrogens (tertiary/aromatic N) is 2. The lowest BCUT2D eigenvalue weighted by Crippen LogP contribution is -2.42. The molecule has 0 aromatic carbocycles. The summed E-state index contributed by atoms with van der Waals surface area (Å²) < 4.78 is 65.4. The Hall–Kier alpha value is -1.67. The number of hydrogen-bond donors (Lipinski definition) is 1. The molecule has 18 heavy (non-hydrogen) atoms. The van der Waals surface area contributed by atoms with Crippen molar-refractivity contribution in [2.45, 2.75) is 19.0 Å². The molecule has 0 amide bonds. The van der Waals surface area contributed by atoms with E-state index in [1.54, 1.807) is 0 Å². The van der Waals surface area contributed by atoms with Gasteiger partial charge in [-0.05, 0) is 6.92 Å². The average Bonchev–Trinajstić information content (AvgIpc) is 2.26. The number of anilines is 1. The van der Waals surface area contributed by atoms with Crippen LogP contribution in [0.15, 0.2) is 6.33 Å². The molecule has 4 nitrogen and oxygen atoms in total. The molecule has 0 fully saturated rings. The van der Waals surface area contributed by atoms with E-state index in [2.05, 4.69) is 20.0 Å². The number of aromatic nitrogens is 2. The third-order valence-electron chi connectivity index (χ3n) is 2.08. The van der Waals surface area contributed by atoms with Crippen molar-refractivity contribution in [3.63, 3.8) is 0 Å². The number of nitrogens with one attached hydrogen (secondary N) is 1. The fraction of sp³-hybridized carbons (Fsp3) is 0.556. The van der Waals surface area contributed by atoms with E-state index in [9.17, 15) is 22.0 Å². The van der Waals surface area contributed by atoms with Crippen molar-refractivity contribution in [3.8, 4) is 5.88 Å². The topological polar surface area (TPSA) is 47.0 Å². The first kappa shape index (κ1) is 14.4. The molecule has 102 valence electrons. The van der Waals surface area contributed by atoms with Gasteiger partial charge in [0.2, 0.25) is 5.88 Å². The number of ether oxygens (including phenoxy) is 1. The molecule has 0 saturated carbocycles. The minimum Gasteiger partial charge on any atom is -0.471 e. The molecule has 9 heteroatoms. The zero-order valence-electron chi connectivity index (χ0n) is 9.48. The van der Waals surface area contributed by atoms with Crippen LogP contribution in [0.5, 0.6) is 5.88 Å². The van der Waals surface area contributed by atoms with Crippen LogP contribution in [0.1, 0.15) is 5.56 Å². The van der Waals surface area contributed by atoms with E-state index in [1.165, 1.54) is 14.0 Å². The molecule has 0 spiro atoms. The van der Waals surface area contributed by atoms with Gasteiger partial charge in [-0.1, -0.05) is 0 Å². The monoisotopic (exact) mass is 271 g/mol. The van der Waals surface area contributed by atoms with Crippen molar-refractivity contribution < 1.29 is 26.7 Å². The molecule has 1 N–H and O–H groups in total. The highest BCUT2D eigenvalue weighted by atomic mass is 19.4. The van der Waals surface area contributed by atoms with E-state index >= 15 is 0 Å². The normalized spacial score (nSPS) is 12.4. The van der Waals surface area contributed by atoms with Crippen LogP contribution in [-0.4, -0.2) is 35.7 Å². The zero-order valence-corrected chi connectivity index (χ0v) is 9.48. The molecule has 0 aliphatic carbocycles. The van der Waals surface area contributed by atoms with E-state index in [-0.39, 0.29) is 17.3 Å². The van der Waals surface area contributed by atoms with Gasteiger partial charge in [0.05, 0.1) is 5.56 Å². The molecule has 1 heterocycles. The summed E-state index contributed by atoms with van der Waals surface area (Å²) in [5.74, 6) is -4.96. The van der Waals surface area contributed by atoms with E-state index in [0.29, 0.717) is 0 Å². The van der Waals surface area contributed by atoms with Gasteiger partial charge >= 0.3 is 12.1 Å². The predicted octanol–water partition coefficient (Wildman–Crippen LogP) is 2.40. The van der Waals surface area contributed by atoms with Crippen molar-refractivity contribution >= 4 is 5.82 Å². The summed E-state index contributed by atoms with van der Waals surface area (Å²) >= 11 is 0. The summed E-state index contributed by atoms with van der Waals surface area (Å²) in [6.07, 6.45) is -4.65. The van der Waals surface area contributed by atoms with Gasteiger partial charge in [0.15, 0.2) is 6.61 Å². The third kappa shape index (κ3) is 2.96. The van der Waals surface area contributed by atoms with Gasteiger partial charge in [0.1, 0.15) is 12.1 Å². The van der Waals surface area contributed by atoms with Crippen molar-refractivity contribution in [3.05, 3.63) is 11.9 Å². The van der Waals surface area contributed by atoms with Crippen molar-refractivity contribution in [2.75, 3.05) is 19.0 Å². The van der Waals surface area contributed by atoms with Crippen LogP contribution in [-0.2, 0) is 0 Å². The van der Waals surface area contributed by atoms with Crippen molar-refractivity contribution in [1.29, 1.82) is 0 Å². The Balaban J connectivity index is 2.82. The second-order valence-corrected chi connectivity index (χ2v) is 3.39. The number of alkyl halides is 5. The highest BCUT2D eigenvalue weighted by molar-refractivity contribution is 5.46. The van der Waals surface area contributed by atoms with Crippen LogP contribution in [0.2, 0.25) is 0 Å². The van der Waals surface area contributed by atoms with Crippen LogP contribution < -0.4 is 10.1 Å². The van der Waals surface area contributed by atoms with Crippen LogP contribution in [0.4, 0.5) is 27.8 Å². The first-order chi connectivity index (χ1) is 8.19. The van der Waals surface area contributed by atoms with Crippen molar-refractivity contribution in [2.24, 2.45) is 0 Å². The van der Waals surface area contributed by atoms with Gasteiger partial charge in [0, 0.05) is 7.05 Å². The Kier molecular flexibility index (Phi) is 3.92. The van der Waals surface area contributed by atoms with Gasteiger partial charge < -0.3 is 10.1 Å². The Labute approximate surface area is 99.2 Å². The van der Waals surface area contributed by atoms with Gasteiger partial charge in [-0.2, -0.15) is 22.0 Å². The van der Waals surface area contributed by atoms with Crippen LogP contribution in [0.25, 0.3) is 0 Å². The molecule has 0 unspecified atom stereocenters. The lowest BCUT2D eigenvalue weighted by Gasteiger charge is -2.20. The summed E-state index contributed by atoms with van der Waals surface area (Å²) in [5, 5.41) is 2.62. The van der Waals surface area contributed by atoms with Gasteiger partial charge in [-0.25, -0.2) is 9.97 Å². The number of hydrogen-bond acceptors (Lipinski definition) is 4. The Morgan fingerprint density at radius 2 is 1.83 bits per heavy atom. The Bertz CT molecular complexity index is 421. The highest BCUT2D eigenvalue weighted by Crippen LogP contribution is 2.36. The van der Waals surface area contributed by atoms with Crippen LogP contribution in [0, 0.1) is 6.92 Å². The second kappa shape index (κ2) is 4.91. The fourth-order valence-corrected chi connectivity index (χ4v) is 1.07. The summed E-state index contributed by atoms with van der Waals surface area (Å²) in [7, 11) is 1.52. The van der Waals surface area contributed by atoms with Gasteiger partial charge in [-0.3, -0.25) is 0 Å². The lowest BCUT2D eigenvalue weighted by molar-refractivity contribution is -0.290. The molecule has 0 aliphatic rings. The summed E-state index contributed by atoms with van der Waals surface area (Å²) in [6, 6.07) is 0. The smallest absolute Gasteiger partial charge is 0.456 e. The SMILES string of the molecule is CNc1ncnc(OCC(F)(F)C(F)(F)F)c1C. The van der Waals surface area contributed by atoms with Crippen LogP contribution in [0.3, 0.4) is 0 Å². The summed E-state index contributed by atoms with van der Waals surface area (Å²) in [4.78, 5) is 7.24. The van der Waals surface area contributed by atoms with Crippen molar-refractivity contribution in [1.82, 2.24) is 9.97 Å². The maximum atomic E-state index is 12.6. The molecule has 1 rings (SSSR count). The highest BCUT2D eigenvalue weighted by Gasteiger charge is 2.58. The van der Waals surface area contributed by atoms with E-state index in [4.69, 9.17) is 0 Å². The summed E-state index contributed by atoms with van der Waals surface area (Å²) in [6.45, 7) is -0.385. The van der Waals surface area contributed by atoms with E-state index in [1.807, 2.05) is 0 Å². The lowest BCUT2D eigenvalue weighted by atomic mass is 10.3. The van der Waals surface area contributed by atoms with E-state index in [0.717, 1.165) is 6.33 Å². The van der Waals surface area contributed by atoms with Crippen LogP contribution >= 0.6 is 0 Å². The minimum absolute atomic E-state index is 0.248. The first-order valence-corrected chi connectivity index (χ1v) is 4.75. The zero-order chi connectivity index (χ0) is 14.0. The Morgan fingerprint density at radius 3 is 2.33 bits per heavy atom. The molecule has 0 atom stereocenters. The first-order valence-electron chi connectivity index (χ1n) is 4.75. The largest absolute Gasteiger partial charge is 0.471 e. The molecule has 1 aromatic heterocycles. The molecule has 0 bridgehead atoms. The van der Waals surface area contributed by atoms with Gasteiger partial charge in [0.25, 0.3) is 0 Å². The molecule has 0 saturated heterocycles. The molecule has 1 aromatic rings. The van der Waals surface area contributed by atoms with Gasteiger partial charge in [-0.15, -0.1) is 0 Å².